The Morgan fingerprint density at radius 2 is 1.70 bits per heavy atom. The molecule has 0 spiro atoms. The molecule has 0 radical (unpaired) electrons. The summed E-state index contributed by atoms with van der Waals surface area (Å²) >= 11 is 5.88. The SMILES string of the molecule is COc1ccccc1[C@@H](C)NC(=O)[C@@H](C)N(c1ccc(Cl)cc1)S(C)(=O)=O. The van der Waals surface area contributed by atoms with Crippen molar-refractivity contribution in [1.29, 1.82) is 0 Å². The predicted octanol–water partition coefficient (Wildman–Crippen LogP) is 3.38. The average Bonchev–Trinajstić information content (AvgIpc) is 2.62. The van der Waals surface area contributed by atoms with E-state index in [0.717, 1.165) is 16.1 Å². The van der Waals surface area contributed by atoms with E-state index in [0.29, 0.717) is 16.5 Å². The first kappa shape index (κ1) is 21.1. The van der Waals surface area contributed by atoms with Crippen LogP contribution in [0.25, 0.3) is 0 Å². The van der Waals surface area contributed by atoms with Crippen molar-refractivity contribution in [1.82, 2.24) is 5.32 Å². The van der Waals surface area contributed by atoms with Gasteiger partial charge in [0.05, 0.1) is 25.1 Å². The number of nitrogens with zero attached hydrogens (tertiary/aromatic N) is 1. The van der Waals surface area contributed by atoms with Crippen molar-refractivity contribution in [3.8, 4) is 5.75 Å². The number of carbonyl (C=O) groups excluding carboxylic acids is 1. The maximum absolute atomic E-state index is 12.8. The van der Waals surface area contributed by atoms with Gasteiger partial charge in [-0.05, 0) is 44.2 Å². The lowest BCUT2D eigenvalue weighted by atomic mass is 10.1. The van der Waals surface area contributed by atoms with E-state index in [9.17, 15) is 13.2 Å². The molecule has 0 saturated carbocycles. The minimum Gasteiger partial charge on any atom is -0.496 e. The maximum Gasteiger partial charge on any atom is 0.244 e. The van der Waals surface area contributed by atoms with E-state index in [1.165, 1.54) is 0 Å². The van der Waals surface area contributed by atoms with Crippen LogP contribution in [0.2, 0.25) is 5.02 Å². The summed E-state index contributed by atoms with van der Waals surface area (Å²) in [5.41, 5.74) is 1.17. The third-order valence-corrected chi connectivity index (χ3v) is 5.63. The lowest BCUT2D eigenvalue weighted by Crippen LogP contribution is -2.48. The third kappa shape index (κ3) is 5.14. The molecule has 2 aromatic rings. The zero-order chi connectivity index (χ0) is 20.2. The topological polar surface area (TPSA) is 75.7 Å². The summed E-state index contributed by atoms with van der Waals surface area (Å²) in [6.07, 6.45) is 1.06. The zero-order valence-electron chi connectivity index (χ0n) is 15.6. The van der Waals surface area contributed by atoms with Gasteiger partial charge in [-0.3, -0.25) is 9.10 Å². The van der Waals surface area contributed by atoms with Crippen LogP contribution in [0.4, 0.5) is 5.69 Å². The Hall–Kier alpha value is -2.25. The third-order valence-electron chi connectivity index (χ3n) is 4.13. The molecule has 0 aromatic heterocycles. The second-order valence-electron chi connectivity index (χ2n) is 6.18. The highest BCUT2D eigenvalue weighted by Crippen LogP contribution is 2.26. The van der Waals surface area contributed by atoms with E-state index in [2.05, 4.69) is 5.32 Å². The summed E-state index contributed by atoms with van der Waals surface area (Å²) < 4.78 is 31.0. The Labute approximate surface area is 165 Å². The Balaban J connectivity index is 2.26. The quantitative estimate of drug-likeness (QED) is 0.759. The van der Waals surface area contributed by atoms with Crippen molar-refractivity contribution in [2.45, 2.75) is 25.9 Å². The standard InChI is InChI=1S/C19H23ClN2O4S/c1-13(17-7-5-6-8-18(17)26-3)21-19(23)14(2)22(27(4,24)25)16-11-9-15(20)10-12-16/h5-14H,1-4H3,(H,21,23)/t13-,14-/m1/s1. The lowest BCUT2D eigenvalue weighted by molar-refractivity contribution is -0.122. The first-order valence-corrected chi connectivity index (χ1v) is 10.6. The number of methoxy groups -OCH3 is 1. The molecule has 2 atom stereocenters. The Kier molecular flexibility index (Phi) is 6.73. The van der Waals surface area contributed by atoms with Gasteiger partial charge in [-0.2, -0.15) is 0 Å². The number of benzene rings is 2. The number of halogens is 1. The van der Waals surface area contributed by atoms with E-state index in [4.69, 9.17) is 16.3 Å². The largest absolute Gasteiger partial charge is 0.496 e. The molecule has 8 heteroatoms. The smallest absolute Gasteiger partial charge is 0.244 e. The summed E-state index contributed by atoms with van der Waals surface area (Å²) in [5, 5.41) is 3.33. The van der Waals surface area contributed by atoms with Crippen molar-refractivity contribution in [3.63, 3.8) is 0 Å². The monoisotopic (exact) mass is 410 g/mol. The minimum atomic E-state index is -3.68. The molecule has 0 bridgehead atoms. The van der Waals surface area contributed by atoms with E-state index in [1.807, 2.05) is 25.1 Å². The fraction of sp³-hybridized carbons (Fsp3) is 0.316. The van der Waals surface area contributed by atoms with Crippen LogP contribution in [0.15, 0.2) is 48.5 Å². The van der Waals surface area contributed by atoms with Gasteiger partial charge in [-0.25, -0.2) is 8.42 Å². The lowest BCUT2D eigenvalue weighted by Gasteiger charge is -2.29. The first-order chi connectivity index (χ1) is 12.6. The summed E-state index contributed by atoms with van der Waals surface area (Å²) in [6, 6.07) is 12.3. The van der Waals surface area contributed by atoms with Crippen LogP contribution in [-0.4, -0.2) is 33.7 Å². The van der Waals surface area contributed by atoms with Gasteiger partial charge in [-0.15, -0.1) is 0 Å². The molecule has 2 aromatic carbocycles. The number of rotatable bonds is 7. The molecule has 1 N–H and O–H groups in total. The highest BCUT2D eigenvalue weighted by molar-refractivity contribution is 7.92. The molecule has 1 amide bonds. The van der Waals surface area contributed by atoms with E-state index < -0.39 is 22.0 Å². The first-order valence-electron chi connectivity index (χ1n) is 8.33. The van der Waals surface area contributed by atoms with Gasteiger partial charge in [0.25, 0.3) is 0 Å². The number of carbonyl (C=O) groups is 1. The van der Waals surface area contributed by atoms with Crippen molar-refractivity contribution in [3.05, 3.63) is 59.1 Å². The van der Waals surface area contributed by atoms with E-state index in [-0.39, 0.29) is 6.04 Å². The van der Waals surface area contributed by atoms with Crippen molar-refractivity contribution in [2.75, 3.05) is 17.7 Å². The van der Waals surface area contributed by atoms with E-state index >= 15 is 0 Å². The van der Waals surface area contributed by atoms with Crippen LogP contribution >= 0.6 is 11.6 Å². The van der Waals surface area contributed by atoms with Crippen molar-refractivity contribution in [2.24, 2.45) is 0 Å². The molecule has 0 saturated heterocycles. The minimum absolute atomic E-state index is 0.359. The summed E-state index contributed by atoms with van der Waals surface area (Å²) in [6.45, 7) is 3.36. The predicted molar refractivity (Wildman–Crippen MR) is 108 cm³/mol. The van der Waals surface area contributed by atoms with Gasteiger partial charge in [0.1, 0.15) is 11.8 Å². The number of hydrogen-bond acceptors (Lipinski definition) is 4. The number of amides is 1. The number of anilines is 1. The molecule has 2 rings (SSSR count). The van der Waals surface area contributed by atoms with Crippen molar-refractivity contribution >= 4 is 33.2 Å². The number of ether oxygens (including phenoxy) is 1. The molecule has 6 nitrogen and oxygen atoms in total. The van der Waals surface area contributed by atoms with Crippen LogP contribution in [0.5, 0.6) is 5.75 Å². The van der Waals surface area contributed by atoms with Crippen LogP contribution in [0, 0.1) is 0 Å². The highest BCUT2D eigenvalue weighted by atomic mass is 35.5. The second kappa shape index (κ2) is 8.63. The Morgan fingerprint density at radius 1 is 1.11 bits per heavy atom. The number of nitrogens with one attached hydrogen (secondary N) is 1. The van der Waals surface area contributed by atoms with Gasteiger partial charge in [0.2, 0.25) is 15.9 Å². The molecular weight excluding hydrogens is 388 g/mol. The van der Waals surface area contributed by atoms with Crippen molar-refractivity contribution < 1.29 is 17.9 Å². The molecule has 0 aliphatic carbocycles. The molecule has 0 unspecified atom stereocenters. The molecule has 0 aliphatic rings. The van der Waals surface area contributed by atoms with Gasteiger partial charge in [0.15, 0.2) is 0 Å². The molecule has 0 fully saturated rings. The van der Waals surface area contributed by atoms with Gasteiger partial charge < -0.3 is 10.1 Å². The molecule has 146 valence electrons. The van der Waals surface area contributed by atoms with Gasteiger partial charge in [-0.1, -0.05) is 29.8 Å². The second-order valence-corrected chi connectivity index (χ2v) is 8.48. The Morgan fingerprint density at radius 3 is 2.26 bits per heavy atom. The summed E-state index contributed by atoms with van der Waals surface area (Å²) in [5.74, 6) is 0.226. The number of sulfonamides is 1. The molecule has 0 heterocycles. The number of hydrogen-bond donors (Lipinski definition) is 1. The number of para-hydroxylation sites is 1. The van der Waals surface area contributed by atoms with Crippen LogP contribution < -0.4 is 14.4 Å². The fourth-order valence-corrected chi connectivity index (χ4v) is 4.13. The average molecular weight is 411 g/mol. The molecule has 0 aliphatic heterocycles. The summed E-state index contributed by atoms with van der Waals surface area (Å²) in [4.78, 5) is 12.8. The van der Waals surface area contributed by atoms with Crippen LogP contribution in [0.3, 0.4) is 0 Å². The molecule has 27 heavy (non-hydrogen) atoms. The molecular formula is C19H23ClN2O4S. The maximum atomic E-state index is 12.8. The fourth-order valence-electron chi connectivity index (χ4n) is 2.83. The van der Waals surface area contributed by atoms with Crippen LogP contribution in [0.1, 0.15) is 25.5 Å². The van der Waals surface area contributed by atoms with Gasteiger partial charge >= 0.3 is 0 Å². The zero-order valence-corrected chi connectivity index (χ0v) is 17.2. The van der Waals surface area contributed by atoms with E-state index in [1.54, 1.807) is 44.4 Å². The normalized spacial score (nSPS) is 13.5. The Bertz CT molecular complexity index is 900. The highest BCUT2D eigenvalue weighted by Gasteiger charge is 2.30. The van der Waals surface area contributed by atoms with Gasteiger partial charge in [0, 0.05) is 10.6 Å². The summed E-state index contributed by atoms with van der Waals surface area (Å²) in [7, 11) is -2.13. The van der Waals surface area contributed by atoms with Crippen LogP contribution in [-0.2, 0) is 14.8 Å².